The molecule has 5 nitrogen and oxygen atoms in total. The van der Waals surface area contributed by atoms with Gasteiger partial charge in [0.2, 0.25) is 0 Å². The number of hydrogen-bond acceptors (Lipinski definition) is 4. The van der Waals surface area contributed by atoms with Gasteiger partial charge in [0, 0.05) is 25.6 Å². The topological polar surface area (TPSA) is 59.0 Å². The van der Waals surface area contributed by atoms with Gasteiger partial charge < -0.3 is 10.6 Å². The molecule has 0 bridgehead atoms. The number of hydrogen-bond donors (Lipinski definition) is 2. The molecule has 8 heteroatoms. The molecule has 1 saturated heterocycles. The Kier molecular flexibility index (Phi) is 7.28. The van der Waals surface area contributed by atoms with E-state index in [1.165, 1.54) is 23.0 Å². The molecule has 2 atom stereocenters. The third-order valence-electron chi connectivity index (χ3n) is 5.53. The standard InChI is InChI=1S/C22H25FN4OS.ClH/c1-3-14-12-25-27(2)21(14)19-7-8-20(29-19)22(28)26-18-13-24-10-9-17(18)15-5-4-6-16(23)11-15;/h4-8,11-12,17-18,24H,3,9-10,13H2,1-2H3,(H,26,28);1H/t17-,18+;/m0./s1. The largest absolute Gasteiger partial charge is 0.347 e. The van der Waals surface area contributed by atoms with E-state index in [0.717, 1.165) is 35.5 Å². The summed E-state index contributed by atoms with van der Waals surface area (Å²) in [5.41, 5.74) is 3.17. The van der Waals surface area contributed by atoms with Gasteiger partial charge in [0.05, 0.1) is 21.6 Å². The molecule has 3 aromatic rings. The molecule has 0 spiro atoms. The SMILES string of the molecule is CCc1cnn(C)c1-c1ccc(C(=O)N[C@@H]2CNCC[C@H]2c2cccc(F)c2)s1.Cl. The summed E-state index contributed by atoms with van der Waals surface area (Å²) in [4.78, 5) is 14.7. The third-order valence-corrected chi connectivity index (χ3v) is 6.62. The van der Waals surface area contributed by atoms with E-state index in [-0.39, 0.29) is 36.1 Å². The van der Waals surface area contributed by atoms with Gasteiger partial charge in [-0.1, -0.05) is 19.1 Å². The molecular formula is C22H26ClFN4OS. The van der Waals surface area contributed by atoms with Crippen molar-refractivity contribution in [1.82, 2.24) is 20.4 Å². The highest BCUT2D eigenvalue weighted by atomic mass is 35.5. The fourth-order valence-electron chi connectivity index (χ4n) is 4.03. The molecule has 1 amide bonds. The molecule has 0 radical (unpaired) electrons. The molecule has 160 valence electrons. The molecule has 1 aromatic carbocycles. The number of thiophene rings is 1. The molecule has 0 saturated carbocycles. The number of carbonyl (C=O) groups excluding carboxylic acids is 1. The zero-order valence-corrected chi connectivity index (χ0v) is 18.7. The van der Waals surface area contributed by atoms with Crippen LogP contribution < -0.4 is 10.6 Å². The Morgan fingerprint density at radius 1 is 1.37 bits per heavy atom. The molecular weight excluding hydrogens is 423 g/mol. The van der Waals surface area contributed by atoms with Gasteiger partial charge in [-0.15, -0.1) is 23.7 Å². The number of aromatic nitrogens is 2. The van der Waals surface area contributed by atoms with Crippen molar-refractivity contribution in [3.8, 4) is 10.6 Å². The monoisotopic (exact) mass is 448 g/mol. The van der Waals surface area contributed by atoms with Gasteiger partial charge in [-0.25, -0.2) is 4.39 Å². The summed E-state index contributed by atoms with van der Waals surface area (Å²) in [6, 6.07) is 10.5. The van der Waals surface area contributed by atoms with E-state index in [0.29, 0.717) is 11.4 Å². The van der Waals surface area contributed by atoms with E-state index in [1.54, 1.807) is 12.1 Å². The Hall–Kier alpha value is -2.22. The van der Waals surface area contributed by atoms with Crippen molar-refractivity contribution < 1.29 is 9.18 Å². The number of amides is 1. The van der Waals surface area contributed by atoms with E-state index in [4.69, 9.17) is 0 Å². The van der Waals surface area contributed by atoms with Crippen molar-refractivity contribution in [2.45, 2.75) is 31.7 Å². The van der Waals surface area contributed by atoms with Gasteiger partial charge in [-0.05, 0) is 54.8 Å². The van der Waals surface area contributed by atoms with Gasteiger partial charge in [0.25, 0.3) is 5.91 Å². The van der Waals surface area contributed by atoms with Crippen LogP contribution in [0.15, 0.2) is 42.6 Å². The average Bonchev–Trinajstić information content (AvgIpc) is 3.34. The van der Waals surface area contributed by atoms with E-state index in [1.807, 2.05) is 36.1 Å². The first-order chi connectivity index (χ1) is 14.1. The summed E-state index contributed by atoms with van der Waals surface area (Å²) < 4.78 is 15.6. The summed E-state index contributed by atoms with van der Waals surface area (Å²) >= 11 is 1.48. The smallest absolute Gasteiger partial charge is 0.261 e. The second-order valence-corrected chi connectivity index (χ2v) is 8.48. The number of piperidine rings is 1. The van der Waals surface area contributed by atoms with Crippen LogP contribution in [-0.2, 0) is 13.5 Å². The van der Waals surface area contributed by atoms with Crippen LogP contribution >= 0.6 is 23.7 Å². The third kappa shape index (κ3) is 4.58. The number of carbonyl (C=O) groups is 1. The van der Waals surface area contributed by atoms with Crippen molar-refractivity contribution >= 4 is 29.7 Å². The molecule has 0 unspecified atom stereocenters. The quantitative estimate of drug-likeness (QED) is 0.616. The summed E-state index contributed by atoms with van der Waals surface area (Å²) in [6.45, 7) is 3.63. The van der Waals surface area contributed by atoms with Gasteiger partial charge in [-0.3, -0.25) is 9.48 Å². The summed E-state index contributed by atoms with van der Waals surface area (Å²) in [6.07, 6.45) is 3.64. The fraction of sp³-hybridized carbons (Fsp3) is 0.364. The number of nitrogens with zero attached hydrogens (tertiary/aromatic N) is 2. The van der Waals surface area contributed by atoms with E-state index in [9.17, 15) is 9.18 Å². The minimum absolute atomic E-state index is 0. The van der Waals surface area contributed by atoms with Crippen molar-refractivity contribution in [1.29, 1.82) is 0 Å². The Balaban J connectivity index is 0.00000256. The lowest BCUT2D eigenvalue weighted by Gasteiger charge is -2.33. The second kappa shape index (κ2) is 9.73. The molecule has 1 aliphatic heterocycles. The highest BCUT2D eigenvalue weighted by Gasteiger charge is 2.28. The summed E-state index contributed by atoms with van der Waals surface area (Å²) in [5, 5.41) is 10.9. The predicted molar refractivity (Wildman–Crippen MR) is 121 cm³/mol. The van der Waals surface area contributed by atoms with Crippen LogP contribution in [-0.4, -0.2) is 34.8 Å². The molecule has 3 heterocycles. The van der Waals surface area contributed by atoms with Crippen LogP contribution in [0.25, 0.3) is 10.6 Å². The van der Waals surface area contributed by atoms with Crippen molar-refractivity contribution in [2.75, 3.05) is 13.1 Å². The van der Waals surface area contributed by atoms with Crippen LogP contribution in [0.5, 0.6) is 0 Å². The van der Waals surface area contributed by atoms with E-state index in [2.05, 4.69) is 22.7 Å². The molecule has 2 N–H and O–H groups in total. The normalized spacial score (nSPS) is 18.6. The maximum Gasteiger partial charge on any atom is 0.261 e. The molecule has 0 aliphatic carbocycles. The summed E-state index contributed by atoms with van der Waals surface area (Å²) in [7, 11) is 1.92. The van der Waals surface area contributed by atoms with Crippen molar-refractivity contribution in [3.05, 3.63) is 64.4 Å². The van der Waals surface area contributed by atoms with Crippen LogP contribution in [0.2, 0.25) is 0 Å². The zero-order valence-electron chi connectivity index (χ0n) is 17.0. The molecule has 4 rings (SSSR count). The molecule has 1 fully saturated rings. The highest BCUT2D eigenvalue weighted by Crippen LogP contribution is 2.31. The minimum Gasteiger partial charge on any atom is -0.347 e. The molecule has 30 heavy (non-hydrogen) atoms. The average molecular weight is 449 g/mol. The van der Waals surface area contributed by atoms with Gasteiger partial charge in [-0.2, -0.15) is 5.10 Å². The van der Waals surface area contributed by atoms with Crippen LogP contribution in [0.1, 0.15) is 40.1 Å². The number of rotatable bonds is 5. The highest BCUT2D eigenvalue weighted by molar-refractivity contribution is 7.17. The zero-order chi connectivity index (χ0) is 20.4. The fourth-order valence-corrected chi connectivity index (χ4v) is 5.05. The lowest BCUT2D eigenvalue weighted by molar-refractivity contribution is 0.0928. The van der Waals surface area contributed by atoms with Gasteiger partial charge in [0.15, 0.2) is 0 Å². The van der Waals surface area contributed by atoms with Crippen LogP contribution in [0, 0.1) is 5.82 Å². The predicted octanol–water partition coefficient (Wildman–Crippen LogP) is 4.15. The lowest BCUT2D eigenvalue weighted by atomic mass is 9.86. The van der Waals surface area contributed by atoms with Gasteiger partial charge >= 0.3 is 0 Å². The molecule has 2 aromatic heterocycles. The first-order valence-corrected chi connectivity index (χ1v) is 10.8. The second-order valence-electron chi connectivity index (χ2n) is 7.39. The maximum atomic E-state index is 13.7. The van der Waals surface area contributed by atoms with E-state index < -0.39 is 0 Å². The maximum absolute atomic E-state index is 13.7. The number of halogens is 2. The number of benzene rings is 1. The van der Waals surface area contributed by atoms with Crippen LogP contribution in [0.4, 0.5) is 4.39 Å². The summed E-state index contributed by atoms with van der Waals surface area (Å²) in [5.74, 6) is -0.229. The first kappa shape index (κ1) is 22.5. The molecule has 1 aliphatic rings. The van der Waals surface area contributed by atoms with Crippen molar-refractivity contribution in [3.63, 3.8) is 0 Å². The number of aryl methyl sites for hydroxylation is 2. The first-order valence-electron chi connectivity index (χ1n) is 9.95. The van der Waals surface area contributed by atoms with E-state index >= 15 is 0 Å². The van der Waals surface area contributed by atoms with Gasteiger partial charge in [0.1, 0.15) is 5.82 Å². The Morgan fingerprint density at radius 3 is 2.97 bits per heavy atom. The lowest BCUT2D eigenvalue weighted by Crippen LogP contribution is -2.49. The van der Waals surface area contributed by atoms with Crippen LogP contribution in [0.3, 0.4) is 0 Å². The minimum atomic E-state index is -0.239. The Morgan fingerprint density at radius 2 is 2.20 bits per heavy atom. The Bertz CT molecular complexity index is 1020. The Labute approximate surface area is 186 Å². The van der Waals surface area contributed by atoms with Crippen molar-refractivity contribution in [2.24, 2.45) is 7.05 Å². The number of nitrogens with one attached hydrogen (secondary N) is 2.